The van der Waals surface area contributed by atoms with Gasteiger partial charge in [-0.25, -0.2) is 0 Å². The van der Waals surface area contributed by atoms with Crippen LogP contribution in [0.25, 0.3) is 0 Å². The van der Waals surface area contributed by atoms with E-state index < -0.39 is 6.72 Å². The van der Waals surface area contributed by atoms with E-state index in [1.807, 2.05) is 0 Å². The highest BCUT2D eigenvalue weighted by Crippen LogP contribution is 2.50. The fourth-order valence-electron chi connectivity index (χ4n) is 0.773. The normalized spacial score (nSPS) is 15.9. The average Bonchev–Trinajstić information content (AvgIpc) is 2.04. The topological polar surface area (TPSA) is 52.3 Å². The predicted molar refractivity (Wildman–Crippen MR) is 55.4 cm³/mol. The van der Waals surface area contributed by atoms with Crippen LogP contribution in [0.3, 0.4) is 0 Å². The van der Waals surface area contributed by atoms with E-state index in [4.69, 9.17) is 10.0 Å². The van der Waals surface area contributed by atoms with E-state index in [0.717, 1.165) is 24.2 Å². The van der Waals surface area contributed by atoms with Crippen molar-refractivity contribution in [3.05, 3.63) is 0 Å². The Morgan fingerprint density at radius 2 is 2.08 bits per heavy atom. The summed E-state index contributed by atoms with van der Waals surface area (Å²) >= 11 is 1.10. The SMILES string of the molecule is CCCCCCOP(N)(=O)SC. The van der Waals surface area contributed by atoms with Gasteiger partial charge in [0.15, 0.2) is 0 Å². The Kier molecular flexibility index (Phi) is 7.25. The van der Waals surface area contributed by atoms with Gasteiger partial charge < -0.3 is 4.52 Å². The van der Waals surface area contributed by atoms with E-state index in [2.05, 4.69) is 6.92 Å². The second-order valence-corrected chi connectivity index (χ2v) is 6.94. The summed E-state index contributed by atoms with van der Waals surface area (Å²) in [5, 5.41) is 0. The van der Waals surface area contributed by atoms with Crippen molar-refractivity contribution in [2.24, 2.45) is 5.50 Å². The van der Waals surface area contributed by atoms with Crippen LogP contribution in [-0.2, 0) is 9.09 Å². The van der Waals surface area contributed by atoms with Crippen LogP contribution in [0.4, 0.5) is 0 Å². The first-order valence-corrected chi connectivity index (χ1v) is 7.73. The Hall–Kier alpha value is 0.500. The number of unbranched alkanes of at least 4 members (excludes halogenated alkanes) is 3. The van der Waals surface area contributed by atoms with Gasteiger partial charge in [-0.2, -0.15) is 0 Å². The van der Waals surface area contributed by atoms with Crippen molar-refractivity contribution in [1.29, 1.82) is 0 Å². The summed E-state index contributed by atoms with van der Waals surface area (Å²) in [7, 11) is 0. The maximum atomic E-state index is 11.1. The summed E-state index contributed by atoms with van der Waals surface area (Å²) in [5.41, 5.74) is 5.33. The largest absolute Gasteiger partial charge is 0.323 e. The van der Waals surface area contributed by atoms with Crippen molar-refractivity contribution in [1.82, 2.24) is 0 Å². The monoisotopic (exact) mass is 211 g/mol. The van der Waals surface area contributed by atoms with Gasteiger partial charge in [-0.1, -0.05) is 37.6 Å². The molecule has 0 rings (SSSR count). The smallest absolute Gasteiger partial charge is 0.310 e. The van der Waals surface area contributed by atoms with Crippen LogP contribution in [0, 0.1) is 0 Å². The highest BCUT2D eigenvalue weighted by atomic mass is 32.7. The second kappa shape index (κ2) is 6.96. The van der Waals surface area contributed by atoms with E-state index in [1.165, 1.54) is 12.8 Å². The van der Waals surface area contributed by atoms with Crippen LogP contribution in [0.15, 0.2) is 0 Å². The lowest BCUT2D eigenvalue weighted by atomic mass is 10.2. The minimum atomic E-state index is -2.81. The maximum Gasteiger partial charge on any atom is 0.323 e. The molecular weight excluding hydrogens is 193 g/mol. The minimum Gasteiger partial charge on any atom is -0.310 e. The van der Waals surface area contributed by atoms with Gasteiger partial charge in [-0.3, -0.25) is 10.1 Å². The molecule has 12 heavy (non-hydrogen) atoms. The second-order valence-electron chi connectivity index (χ2n) is 2.62. The fourth-order valence-corrected chi connectivity index (χ4v) is 1.80. The fraction of sp³-hybridized carbons (Fsp3) is 1.00. The molecule has 0 spiro atoms. The molecule has 0 saturated heterocycles. The lowest BCUT2D eigenvalue weighted by Crippen LogP contribution is -1.97. The minimum absolute atomic E-state index is 0.522. The Labute approximate surface area is 78.7 Å². The number of rotatable bonds is 7. The zero-order valence-electron chi connectivity index (χ0n) is 7.78. The molecule has 1 unspecified atom stereocenters. The van der Waals surface area contributed by atoms with Crippen molar-refractivity contribution in [2.75, 3.05) is 12.9 Å². The maximum absolute atomic E-state index is 11.1. The van der Waals surface area contributed by atoms with Gasteiger partial charge in [-0.05, 0) is 12.7 Å². The van der Waals surface area contributed by atoms with E-state index in [0.29, 0.717) is 6.61 Å². The molecule has 2 N–H and O–H groups in total. The van der Waals surface area contributed by atoms with E-state index in [-0.39, 0.29) is 0 Å². The summed E-state index contributed by atoms with van der Waals surface area (Å²) in [4.78, 5) is 0. The van der Waals surface area contributed by atoms with Crippen LogP contribution in [0.1, 0.15) is 32.6 Å². The quantitative estimate of drug-likeness (QED) is 0.519. The summed E-state index contributed by atoms with van der Waals surface area (Å²) in [6.07, 6.45) is 6.19. The van der Waals surface area contributed by atoms with Gasteiger partial charge in [-0.15, -0.1) is 0 Å². The van der Waals surface area contributed by atoms with E-state index >= 15 is 0 Å². The van der Waals surface area contributed by atoms with Gasteiger partial charge >= 0.3 is 6.72 Å². The molecule has 0 aromatic rings. The highest BCUT2D eigenvalue weighted by Gasteiger charge is 2.13. The number of hydrogen-bond donors (Lipinski definition) is 1. The first-order chi connectivity index (χ1) is 5.62. The zero-order valence-corrected chi connectivity index (χ0v) is 9.50. The molecule has 0 aliphatic heterocycles. The molecule has 0 bridgehead atoms. The van der Waals surface area contributed by atoms with Crippen LogP contribution < -0.4 is 5.50 Å². The Bertz CT molecular complexity index is 154. The van der Waals surface area contributed by atoms with Gasteiger partial charge in [0.2, 0.25) is 0 Å². The van der Waals surface area contributed by atoms with Crippen molar-refractivity contribution in [3.63, 3.8) is 0 Å². The van der Waals surface area contributed by atoms with E-state index in [1.54, 1.807) is 6.26 Å². The molecule has 0 aromatic carbocycles. The molecule has 74 valence electrons. The third-order valence-electron chi connectivity index (χ3n) is 1.52. The molecule has 0 amide bonds. The first kappa shape index (κ1) is 12.5. The lowest BCUT2D eigenvalue weighted by Gasteiger charge is -2.09. The van der Waals surface area contributed by atoms with Crippen LogP contribution in [-0.4, -0.2) is 12.9 Å². The van der Waals surface area contributed by atoms with Gasteiger partial charge in [0.25, 0.3) is 0 Å². The van der Waals surface area contributed by atoms with Gasteiger partial charge in [0.1, 0.15) is 0 Å². The molecule has 0 radical (unpaired) electrons. The van der Waals surface area contributed by atoms with Crippen molar-refractivity contribution < 1.29 is 9.09 Å². The standard InChI is InChI=1S/C7H18NO2PS/c1-3-4-5-6-7-10-11(8,9)12-2/h3-7H2,1-2H3,(H2,8,9). The molecular formula is C7H18NO2PS. The number of hydrogen-bond acceptors (Lipinski definition) is 3. The van der Waals surface area contributed by atoms with Crippen molar-refractivity contribution in [2.45, 2.75) is 32.6 Å². The van der Waals surface area contributed by atoms with Gasteiger partial charge in [0.05, 0.1) is 6.61 Å². The lowest BCUT2D eigenvalue weighted by molar-refractivity contribution is 0.313. The highest BCUT2D eigenvalue weighted by molar-refractivity contribution is 8.55. The average molecular weight is 211 g/mol. The Morgan fingerprint density at radius 3 is 2.58 bits per heavy atom. The molecule has 0 heterocycles. The number of nitrogens with two attached hydrogens (primary N) is 1. The first-order valence-electron chi connectivity index (χ1n) is 4.21. The molecule has 0 aromatic heterocycles. The van der Waals surface area contributed by atoms with Crippen molar-refractivity contribution in [3.8, 4) is 0 Å². The van der Waals surface area contributed by atoms with E-state index in [9.17, 15) is 4.57 Å². The Morgan fingerprint density at radius 1 is 1.42 bits per heavy atom. The van der Waals surface area contributed by atoms with Crippen LogP contribution in [0.2, 0.25) is 0 Å². The Balaban J connectivity index is 3.25. The molecule has 0 aliphatic rings. The zero-order chi connectivity index (χ0) is 9.45. The molecule has 5 heteroatoms. The molecule has 3 nitrogen and oxygen atoms in total. The van der Waals surface area contributed by atoms with Crippen LogP contribution in [0.5, 0.6) is 0 Å². The van der Waals surface area contributed by atoms with Crippen LogP contribution >= 0.6 is 18.1 Å². The molecule has 0 fully saturated rings. The third kappa shape index (κ3) is 7.17. The summed E-state index contributed by atoms with van der Waals surface area (Å²) < 4.78 is 16.2. The molecule has 1 atom stereocenters. The molecule has 0 aliphatic carbocycles. The summed E-state index contributed by atoms with van der Waals surface area (Å²) in [6.45, 7) is -0.134. The summed E-state index contributed by atoms with van der Waals surface area (Å²) in [6, 6.07) is 0. The predicted octanol–water partition coefficient (Wildman–Crippen LogP) is 3.01. The van der Waals surface area contributed by atoms with Gasteiger partial charge in [0, 0.05) is 0 Å². The summed E-state index contributed by atoms with van der Waals surface area (Å²) in [5.74, 6) is 0. The molecule has 0 saturated carbocycles. The van der Waals surface area contributed by atoms with Crippen molar-refractivity contribution >= 4 is 18.1 Å². The third-order valence-corrected chi connectivity index (χ3v) is 4.42.